The van der Waals surface area contributed by atoms with Crippen LogP contribution in [0.1, 0.15) is 37.6 Å². The summed E-state index contributed by atoms with van der Waals surface area (Å²) in [5.41, 5.74) is 2.97. The zero-order valence-corrected chi connectivity index (χ0v) is 26.2. The number of halogens is 1. The van der Waals surface area contributed by atoms with Crippen molar-refractivity contribution in [3.8, 4) is 28.8 Å². The van der Waals surface area contributed by atoms with E-state index in [-0.39, 0.29) is 19.6 Å². The number of aryl methyl sites for hydroxylation is 1. The fourth-order valence-corrected chi connectivity index (χ4v) is 5.15. The highest BCUT2D eigenvalue weighted by molar-refractivity contribution is 7.13. The van der Waals surface area contributed by atoms with Gasteiger partial charge in [0, 0.05) is 24.4 Å². The number of fused-ring (bicyclic) bond motifs is 1. The first-order valence-electron chi connectivity index (χ1n) is 13.9. The molecule has 1 unspecified atom stereocenters. The Hall–Kier alpha value is -4.28. The molecular weight excluding hydrogens is 588 g/mol. The van der Waals surface area contributed by atoms with Gasteiger partial charge in [-0.1, -0.05) is 55.8 Å². The number of methoxy groups -OCH3 is 1. The van der Waals surface area contributed by atoms with Gasteiger partial charge in [-0.05, 0) is 55.2 Å². The van der Waals surface area contributed by atoms with Gasteiger partial charge in [-0.15, -0.1) is 0 Å². The topological polar surface area (TPSA) is 106 Å². The highest BCUT2D eigenvalue weighted by Crippen LogP contribution is 2.35. The molecule has 3 aromatic heterocycles. The van der Waals surface area contributed by atoms with Crippen molar-refractivity contribution in [1.82, 2.24) is 19.3 Å². The maximum absolute atomic E-state index is 13.0. The maximum Gasteiger partial charge on any atom is 0.347 e. The molecule has 0 N–H and O–H groups in total. The van der Waals surface area contributed by atoms with E-state index in [2.05, 4.69) is 19.3 Å². The summed E-state index contributed by atoms with van der Waals surface area (Å²) in [6.07, 6.45) is 2.56. The van der Waals surface area contributed by atoms with Crippen LogP contribution in [-0.2, 0) is 22.6 Å². The van der Waals surface area contributed by atoms with Gasteiger partial charge in [-0.2, -0.15) is 4.37 Å². The van der Waals surface area contributed by atoms with E-state index in [4.69, 9.17) is 30.5 Å². The molecular formula is C32H33ClN4O5S. The van der Waals surface area contributed by atoms with Crippen molar-refractivity contribution in [2.24, 2.45) is 0 Å². The van der Waals surface area contributed by atoms with Crippen LogP contribution in [0.25, 0.3) is 21.5 Å². The number of aromatic nitrogens is 4. The van der Waals surface area contributed by atoms with Crippen molar-refractivity contribution in [2.75, 3.05) is 13.7 Å². The van der Waals surface area contributed by atoms with Crippen molar-refractivity contribution < 1.29 is 23.7 Å². The van der Waals surface area contributed by atoms with Crippen LogP contribution in [0.15, 0.2) is 67.0 Å². The summed E-state index contributed by atoms with van der Waals surface area (Å²) in [7, 11) is 1.61. The average Bonchev–Trinajstić information content (AvgIpc) is 3.46. The van der Waals surface area contributed by atoms with E-state index >= 15 is 0 Å². The SMILES string of the molecule is CC.CCOC(=O)C(Cc1ccccc1OCc1ccnc(-c2ccccc2OC)n1)Oc1nsc2cnc(Cl)c(C)c12. The largest absolute Gasteiger partial charge is 0.496 e. The number of para-hydroxylation sites is 2. The van der Waals surface area contributed by atoms with Crippen LogP contribution in [0.2, 0.25) is 5.15 Å². The molecule has 0 aliphatic carbocycles. The van der Waals surface area contributed by atoms with Crippen LogP contribution in [0.4, 0.5) is 0 Å². The summed E-state index contributed by atoms with van der Waals surface area (Å²) in [6, 6.07) is 16.8. The Labute approximate surface area is 260 Å². The minimum Gasteiger partial charge on any atom is -0.496 e. The molecule has 0 aliphatic rings. The van der Waals surface area contributed by atoms with Crippen molar-refractivity contribution in [3.63, 3.8) is 0 Å². The van der Waals surface area contributed by atoms with Crippen LogP contribution in [0, 0.1) is 6.92 Å². The maximum atomic E-state index is 13.0. The molecule has 0 bridgehead atoms. The second-order valence-corrected chi connectivity index (χ2v) is 10.1. The molecule has 43 heavy (non-hydrogen) atoms. The van der Waals surface area contributed by atoms with Crippen LogP contribution in [-0.4, -0.2) is 45.1 Å². The molecule has 0 saturated heterocycles. The predicted molar refractivity (Wildman–Crippen MR) is 168 cm³/mol. The van der Waals surface area contributed by atoms with E-state index < -0.39 is 12.1 Å². The van der Waals surface area contributed by atoms with Crippen molar-refractivity contribution >= 4 is 39.2 Å². The Morgan fingerprint density at radius 3 is 2.53 bits per heavy atom. The number of esters is 1. The zero-order chi connectivity index (χ0) is 30.8. The smallest absolute Gasteiger partial charge is 0.347 e. The number of rotatable bonds is 11. The lowest BCUT2D eigenvalue weighted by molar-refractivity contribution is -0.151. The van der Waals surface area contributed by atoms with Gasteiger partial charge in [-0.25, -0.2) is 19.7 Å². The number of ether oxygens (including phenoxy) is 4. The van der Waals surface area contributed by atoms with Crippen molar-refractivity contribution in [3.05, 3.63) is 89.0 Å². The van der Waals surface area contributed by atoms with E-state index in [1.165, 1.54) is 11.5 Å². The molecule has 0 amide bonds. The van der Waals surface area contributed by atoms with Gasteiger partial charge in [0.1, 0.15) is 23.3 Å². The third-order valence-electron chi connectivity index (χ3n) is 6.28. The second-order valence-electron chi connectivity index (χ2n) is 8.93. The second kappa shape index (κ2) is 15.3. The molecule has 0 spiro atoms. The minimum atomic E-state index is -0.965. The third kappa shape index (κ3) is 7.57. The summed E-state index contributed by atoms with van der Waals surface area (Å²) >= 11 is 7.48. The van der Waals surface area contributed by atoms with E-state index in [9.17, 15) is 4.79 Å². The fourth-order valence-electron chi connectivity index (χ4n) is 4.26. The number of pyridine rings is 1. The highest BCUT2D eigenvalue weighted by Gasteiger charge is 2.27. The Balaban J connectivity index is 0.00000207. The Kier molecular flexibility index (Phi) is 11.2. The van der Waals surface area contributed by atoms with Gasteiger partial charge in [0.05, 0.1) is 35.1 Å². The molecule has 11 heteroatoms. The van der Waals surface area contributed by atoms with Gasteiger partial charge >= 0.3 is 5.97 Å². The lowest BCUT2D eigenvalue weighted by atomic mass is 10.1. The Morgan fingerprint density at radius 1 is 1.02 bits per heavy atom. The van der Waals surface area contributed by atoms with Gasteiger partial charge in [-0.3, -0.25) is 0 Å². The van der Waals surface area contributed by atoms with Gasteiger partial charge in [0.15, 0.2) is 5.82 Å². The minimum absolute atomic E-state index is 0.189. The summed E-state index contributed by atoms with van der Waals surface area (Å²) in [5.74, 6) is 1.62. The molecule has 0 saturated carbocycles. The lowest BCUT2D eigenvalue weighted by Crippen LogP contribution is -2.32. The standard InChI is InChI=1S/C30H27ClN4O5S.C2H6/c1-4-38-30(36)24(40-29-26-18(2)27(31)33-16-25(26)41-35-29)15-19-9-5-7-11-22(19)39-17-20-13-14-32-28(34-20)21-10-6-8-12-23(21)37-3;1-2/h5-14,16,24H,4,15,17H2,1-3H3;1-2H3. The molecule has 0 radical (unpaired) electrons. The van der Waals surface area contributed by atoms with E-state index in [0.29, 0.717) is 34.1 Å². The first-order chi connectivity index (χ1) is 21.0. The molecule has 2 aromatic carbocycles. The number of hydrogen-bond donors (Lipinski definition) is 0. The number of hydrogen-bond acceptors (Lipinski definition) is 10. The first-order valence-corrected chi connectivity index (χ1v) is 15.0. The number of benzene rings is 2. The number of carbonyl (C=O) groups excluding carboxylic acids is 1. The number of carbonyl (C=O) groups is 1. The predicted octanol–water partition coefficient (Wildman–Crippen LogP) is 7.28. The monoisotopic (exact) mass is 620 g/mol. The van der Waals surface area contributed by atoms with E-state index in [1.807, 2.05) is 69.3 Å². The molecule has 0 fully saturated rings. The zero-order valence-electron chi connectivity index (χ0n) is 24.7. The molecule has 1 atom stereocenters. The summed E-state index contributed by atoms with van der Waals surface area (Å²) in [4.78, 5) is 26.2. The molecule has 5 rings (SSSR count). The fraction of sp³-hybridized carbons (Fsp3) is 0.281. The molecule has 9 nitrogen and oxygen atoms in total. The van der Waals surface area contributed by atoms with Crippen LogP contribution >= 0.6 is 23.1 Å². The van der Waals surface area contributed by atoms with Gasteiger partial charge in [0.25, 0.3) is 0 Å². The molecule has 0 aliphatic heterocycles. The quantitative estimate of drug-likeness (QED) is 0.111. The first kappa shape index (κ1) is 31.7. The van der Waals surface area contributed by atoms with Crippen LogP contribution in [0.3, 0.4) is 0 Å². The van der Waals surface area contributed by atoms with Crippen molar-refractivity contribution in [2.45, 2.75) is 46.8 Å². The molecule has 5 aromatic rings. The highest BCUT2D eigenvalue weighted by atomic mass is 35.5. The van der Waals surface area contributed by atoms with Crippen molar-refractivity contribution in [1.29, 1.82) is 0 Å². The number of nitrogens with zero attached hydrogens (tertiary/aromatic N) is 4. The summed E-state index contributed by atoms with van der Waals surface area (Å²) in [5, 5.41) is 1.08. The van der Waals surface area contributed by atoms with E-state index in [0.717, 1.165) is 26.8 Å². The Morgan fingerprint density at radius 2 is 1.77 bits per heavy atom. The average molecular weight is 621 g/mol. The summed E-state index contributed by atoms with van der Waals surface area (Å²) in [6.45, 7) is 7.99. The normalized spacial score (nSPS) is 11.3. The van der Waals surface area contributed by atoms with E-state index in [1.54, 1.807) is 32.5 Å². The molecule has 224 valence electrons. The molecule has 3 heterocycles. The third-order valence-corrected chi connectivity index (χ3v) is 7.43. The summed E-state index contributed by atoms with van der Waals surface area (Å²) < 4.78 is 28.4. The van der Waals surface area contributed by atoms with Crippen LogP contribution in [0.5, 0.6) is 17.4 Å². The van der Waals surface area contributed by atoms with Gasteiger partial charge in [0.2, 0.25) is 12.0 Å². The lowest BCUT2D eigenvalue weighted by Gasteiger charge is -2.19. The van der Waals surface area contributed by atoms with Crippen LogP contribution < -0.4 is 14.2 Å². The van der Waals surface area contributed by atoms with Gasteiger partial charge < -0.3 is 18.9 Å². The Bertz CT molecular complexity index is 1680.